The molecule has 2 aromatic heterocycles. The van der Waals surface area contributed by atoms with Crippen LogP contribution in [-0.2, 0) is 11.2 Å². The normalized spacial score (nSPS) is 10.8. The maximum Gasteiger partial charge on any atom is 0.315 e. The van der Waals surface area contributed by atoms with Crippen molar-refractivity contribution in [2.45, 2.75) is 6.42 Å². The first-order chi connectivity index (χ1) is 12.7. The summed E-state index contributed by atoms with van der Waals surface area (Å²) >= 11 is 0. The van der Waals surface area contributed by atoms with Crippen LogP contribution in [0.5, 0.6) is 5.75 Å². The second-order valence-corrected chi connectivity index (χ2v) is 5.64. The van der Waals surface area contributed by atoms with Crippen LogP contribution in [0.15, 0.2) is 71.3 Å². The minimum Gasteiger partial charge on any atom is -0.435 e. The monoisotopic (exact) mass is 348 g/mol. The van der Waals surface area contributed by atoms with Gasteiger partial charge in [-0.25, -0.2) is 9.37 Å². The number of fused-ring (bicyclic) bond motifs is 1. The molecule has 0 fully saturated rings. The second-order valence-electron chi connectivity index (χ2n) is 5.64. The van der Waals surface area contributed by atoms with Crippen LogP contribution in [0.4, 0.5) is 4.39 Å². The minimum absolute atomic E-state index is 0.0495. The SMILES string of the molecule is O=C(Cc1ccc(F)cc1)Oc1ccc2nc(-c3ccccn3)oc2c1. The zero-order valence-electron chi connectivity index (χ0n) is 13.6. The second kappa shape index (κ2) is 6.76. The fraction of sp³-hybridized carbons (Fsp3) is 0.0500. The third-order valence-electron chi connectivity index (χ3n) is 3.74. The molecule has 0 atom stereocenters. The minimum atomic E-state index is -0.444. The average molecular weight is 348 g/mol. The summed E-state index contributed by atoms with van der Waals surface area (Å²) < 4.78 is 23.9. The molecule has 2 aromatic carbocycles. The van der Waals surface area contributed by atoms with Crippen molar-refractivity contribution in [2.24, 2.45) is 0 Å². The van der Waals surface area contributed by atoms with Crippen molar-refractivity contribution < 1.29 is 18.3 Å². The molecule has 6 heteroatoms. The van der Waals surface area contributed by atoms with E-state index in [1.807, 2.05) is 12.1 Å². The van der Waals surface area contributed by atoms with Crippen LogP contribution in [0, 0.1) is 5.82 Å². The summed E-state index contributed by atoms with van der Waals surface area (Å²) in [5, 5.41) is 0. The number of carbonyl (C=O) groups is 1. The topological polar surface area (TPSA) is 65.2 Å². The van der Waals surface area contributed by atoms with E-state index in [4.69, 9.17) is 9.15 Å². The number of pyridine rings is 1. The Morgan fingerprint density at radius 2 is 1.92 bits per heavy atom. The lowest BCUT2D eigenvalue weighted by Crippen LogP contribution is -2.11. The van der Waals surface area contributed by atoms with Gasteiger partial charge in [-0.2, -0.15) is 0 Å². The van der Waals surface area contributed by atoms with E-state index in [0.29, 0.717) is 34.0 Å². The summed E-state index contributed by atoms with van der Waals surface area (Å²) in [5.74, 6) is -0.0363. The molecule has 4 aromatic rings. The molecule has 0 N–H and O–H groups in total. The Labute approximate surface area is 148 Å². The lowest BCUT2D eigenvalue weighted by molar-refractivity contribution is -0.133. The zero-order chi connectivity index (χ0) is 17.9. The number of nitrogens with zero attached hydrogens (tertiary/aromatic N) is 2. The molecule has 0 unspecified atom stereocenters. The fourth-order valence-corrected chi connectivity index (χ4v) is 2.50. The van der Waals surface area contributed by atoms with Gasteiger partial charge in [0, 0.05) is 12.3 Å². The van der Waals surface area contributed by atoms with Crippen molar-refractivity contribution in [3.05, 3.63) is 78.2 Å². The average Bonchev–Trinajstić information content (AvgIpc) is 3.08. The van der Waals surface area contributed by atoms with E-state index in [2.05, 4.69) is 9.97 Å². The first-order valence-corrected chi connectivity index (χ1v) is 7.94. The number of rotatable bonds is 4. The Kier molecular flexibility index (Phi) is 4.15. The van der Waals surface area contributed by atoms with Crippen LogP contribution >= 0.6 is 0 Å². The van der Waals surface area contributed by atoms with E-state index in [1.165, 1.54) is 12.1 Å². The number of ether oxygens (including phenoxy) is 1. The number of aromatic nitrogens is 2. The zero-order valence-corrected chi connectivity index (χ0v) is 13.6. The van der Waals surface area contributed by atoms with Gasteiger partial charge in [0.25, 0.3) is 0 Å². The van der Waals surface area contributed by atoms with Crippen molar-refractivity contribution >= 4 is 17.1 Å². The maximum absolute atomic E-state index is 12.9. The Balaban J connectivity index is 1.52. The molecule has 0 spiro atoms. The van der Waals surface area contributed by atoms with Gasteiger partial charge in [0.05, 0.1) is 6.42 Å². The van der Waals surface area contributed by atoms with E-state index < -0.39 is 5.97 Å². The molecular formula is C20H13FN2O3. The van der Waals surface area contributed by atoms with Gasteiger partial charge in [0.15, 0.2) is 5.58 Å². The molecule has 128 valence electrons. The van der Waals surface area contributed by atoms with Crippen molar-refractivity contribution in [1.82, 2.24) is 9.97 Å². The summed E-state index contributed by atoms with van der Waals surface area (Å²) in [6, 6.07) is 16.1. The Bertz CT molecular complexity index is 1060. The predicted octanol–water partition coefficient (Wildman–Crippen LogP) is 4.18. The van der Waals surface area contributed by atoms with Gasteiger partial charge in [-0.1, -0.05) is 18.2 Å². The molecular weight excluding hydrogens is 335 g/mol. The van der Waals surface area contributed by atoms with Gasteiger partial charge < -0.3 is 9.15 Å². The van der Waals surface area contributed by atoms with Gasteiger partial charge >= 0.3 is 5.97 Å². The molecule has 0 bridgehead atoms. The first-order valence-electron chi connectivity index (χ1n) is 7.94. The first kappa shape index (κ1) is 16.0. The van der Waals surface area contributed by atoms with E-state index in [-0.39, 0.29) is 12.2 Å². The van der Waals surface area contributed by atoms with E-state index >= 15 is 0 Å². The smallest absolute Gasteiger partial charge is 0.315 e. The number of hydrogen-bond acceptors (Lipinski definition) is 5. The van der Waals surface area contributed by atoms with Gasteiger partial charge in [-0.15, -0.1) is 0 Å². The molecule has 0 saturated heterocycles. The Morgan fingerprint density at radius 1 is 1.08 bits per heavy atom. The van der Waals surface area contributed by atoms with Crippen molar-refractivity contribution in [3.8, 4) is 17.3 Å². The predicted molar refractivity (Wildman–Crippen MR) is 93.0 cm³/mol. The van der Waals surface area contributed by atoms with Crippen LogP contribution < -0.4 is 4.74 Å². The van der Waals surface area contributed by atoms with Crippen molar-refractivity contribution in [2.75, 3.05) is 0 Å². The molecule has 26 heavy (non-hydrogen) atoms. The van der Waals surface area contributed by atoms with Crippen LogP contribution in [0.1, 0.15) is 5.56 Å². The van der Waals surface area contributed by atoms with Gasteiger partial charge in [0.2, 0.25) is 5.89 Å². The Morgan fingerprint density at radius 3 is 2.69 bits per heavy atom. The Hall–Kier alpha value is -3.54. The van der Waals surface area contributed by atoms with Crippen molar-refractivity contribution in [1.29, 1.82) is 0 Å². The number of carbonyl (C=O) groups excluding carboxylic acids is 1. The molecule has 4 rings (SSSR count). The third kappa shape index (κ3) is 3.44. The van der Waals surface area contributed by atoms with Gasteiger partial charge in [-0.3, -0.25) is 9.78 Å². The highest BCUT2D eigenvalue weighted by molar-refractivity contribution is 5.80. The van der Waals surface area contributed by atoms with E-state index in [9.17, 15) is 9.18 Å². The van der Waals surface area contributed by atoms with Crippen molar-refractivity contribution in [3.63, 3.8) is 0 Å². The summed E-state index contributed by atoms with van der Waals surface area (Å²) in [6.07, 6.45) is 1.71. The highest BCUT2D eigenvalue weighted by atomic mass is 19.1. The summed E-state index contributed by atoms with van der Waals surface area (Å²) in [5.41, 5.74) is 2.44. The standard InChI is InChI=1S/C20H13FN2O3/c21-14-6-4-13(5-7-14)11-19(24)25-15-8-9-16-18(12-15)26-20(23-16)17-3-1-2-10-22-17/h1-10,12H,11H2. The van der Waals surface area contributed by atoms with Crippen LogP contribution in [-0.4, -0.2) is 15.9 Å². The summed E-state index contributed by atoms with van der Waals surface area (Å²) in [7, 11) is 0. The lowest BCUT2D eigenvalue weighted by atomic mass is 10.1. The molecule has 0 saturated carbocycles. The molecule has 0 radical (unpaired) electrons. The van der Waals surface area contributed by atoms with Gasteiger partial charge in [-0.05, 0) is 42.0 Å². The summed E-state index contributed by atoms with van der Waals surface area (Å²) in [4.78, 5) is 20.6. The quantitative estimate of drug-likeness (QED) is 0.409. The fourth-order valence-electron chi connectivity index (χ4n) is 2.50. The van der Waals surface area contributed by atoms with E-state index in [0.717, 1.165) is 0 Å². The van der Waals surface area contributed by atoms with Gasteiger partial charge in [0.1, 0.15) is 22.8 Å². The molecule has 0 aliphatic rings. The molecule has 0 amide bonds. The molecule has 0 aliphatic carbocycles. The summed E-state index contributed by atoms with van der Waals surface area (Å²) in [6.45, 7) is 0. The molecule has 0 aliphatic heterocycles. The third-order valence-corrected chi connectivity index (χ3v) is 3.74. The lowest BCUT2D eigenvalue weighted by Gasteiger charge is -2.04. The maximum atomic E-state index is 12.9. The highest BCUT2D eigenvalue weighted by Crippen LogP contribution is 2.26. The van der Waals surface area contributed by atoms with Crippen LogP contribution in [0.2, 0.25) is 0 Å². The highest BCUT2D eigenvalue weighted by Gasteiger charge is 2.12. The largest absolute Gasteiger partial charge is 0.435 e. The molecule has 5 nitrogen and oxygen atoms in total. The van der Waals surface area contributed by atoms with Crippen LogP contribution in [0.3, 0.4) is 0 Å². The number of oxazole rings is 1. The number of benzene rings is 2. The number of halogens is 1. The van der Waals surface area contributed by atoms with E-state index in [1.54, 1.807) is 42.6 Å². The number of hydrogen-bond donors (Lipinski definition) is 0. The van der Waals surface area contributed by atoms with Crippen LogP contribution in [0.25, 0.3) is 22.7 Å². The molecule has 2 heterocycles. The number of esters is 1.